The Labute approximate surface area is 77.7 Å². The highest BCUT2D eigenvalue weighted by molar-refractivity contribution is 4.75. The quantitative estimate of drug-likeness (QED) is 0.610. The highest BCUT2D eigenvalue weighted by Gasteiger charge is 2.20. The molecule has 76 valence electrons. The van der Waals surface area contributed by atoms with Crippen LogP contribution in [-0.2, 0) is 4.74 Å². The van der Waals surface area contributed by atoms with Crippen molar-refractivity contribution in [2.75, 3.05) is 19.7 Å². The molecule has 0 radical (unpaired) electrons. The van der Waals surface area contributed by atoms with Gasteiger partial charge in [0.25, 0.3) is 0 Å². The molecule has 0 unspecified atom stereocenters. The predicted molar refractivity (Wildman–Crippen MR) is 55.6 cm³/mol. The first-order chi connectivity index (χ1) is 5.71. The summed E-state index contributed by atoms with van der Waals surface area (Å²) in [6.45, 7) is 15.0. The molecular formula is C10H25NO. The largest absolute Gasteiger partial charge is 0.373 e. The molecule has 0 spiro atoms. The zero-order valence-corrected chi connectivity index (χ0v) is 9.53. The molecule has 1 saturated heterocycles. The highest BCUT2D eigenvalue weighted by Crippen LogP contribution is 2.08. The maximum atomic E-state index is 5.40. The van der Waals surface area contributed by atoms with Gasteiger partial charge in [-0.15, -0.1) is 0 Å². The van der Waals surface area contributed by atoms with Crippen LogP contribution in [0.2, 0.25) is 0 Å². The Balaban J connectivity index is 0. The Morgan fingerprint density at radius 3 is 1.75 bits per heavy atom. The number of morpholine rings is 1. The highest BCUT2D eigenvalue weighted by atomic mass is 16.5. The second-order valence-electron chi connectivity index (χ2n) is 2.78. The van der Waals surface area contributed by atoms with Crippen molar-refractivity contribution in [2.45, 2.75) is 47.1 Å². The minimum atomic E-state index is 0.0677. The van der Waals surface area contributed by atoms with Crippen LogP contribution >= 0.6 is 0 Å². The molecule has 2 heteroatoms. The molecule has 1 fully saturated rings. The van der Waals surface area contributed by atoms with Gasteiger partial charge < -0.3 is 10.1 Å². The van der Waals surface area contributed by atoms with Crippen molar-refractivity contribution in [2.24, 2.45) is 0 Å². The fourth-order valence-corrected chi connectivity index (χ4v) is 0.840. The minimum absolute atomic E-state index is 0.0677. The normalized spacial score (nSPS) is 19.5. The third-order valence-corrected chi connectivity index (χ3v) is 1.32. The Bertz CT molecular complexity index is 73.9. The summed E-state index contributed by atoms with van der Waals surface area (Å²) >= 11 is 0. The SMILES string of the molecule is CC.CC.CC1(C)CNCCO1. The summed E-state index contributed by atoms with van der Waals surface area (Å²) in [4.78, 5) is 0. The third-order valence-electron chi connectivity index (χ3n) is 1.32. The predicted octanol–water partition coefficient (Wildman–Crippen LogP) is 2.44. The van der Waals surface area contributed by atoms with E-state index in [1.54, 1.807) is 0 Å². The third kappa shape index (κ3) is 8.02. The van der Waals surface area contributed by atoms with Crippen LogP contribution in [0.1, 0.15) is 41.5 Å². The Morgan fingerprint density at radius 2 is 1.58 bits per heavy atom. The zero-order chi connectivity index (χ0) is 10.0. The molecule has 1 rings (SSSR count). The van der Waals surface area contributed by atoms with Crippen LogP contribution in [0.15, 0.2) is 0 Å². The Morgan fingerprint density at radius 1 is 1.08 bits per heavy atom. The standard InChI is InChI=1S/C6H13NO.2C2H6/c1-6(2)5-7-3-4-8-6;2*1-2/h7H,3-5H2,1-2H3;2*1-2H3. The van der Waals surface area contributed by atoms with Gasteiger partial charge in [0.2, 0.25) is 0 Å². The lowest BCUT2D eigenvalue weighted by Crippen LogP contribution is -2.45. The minimum Gasteiger partial charge on any atom is -0.373 e. The van der Waals surface area contributed by atoms with Crippen molar-refractivity contribution >= 4 is 0 Å². The van der Waals surface area contributed by atoms with Crippen molar-refractivity contribution in [3.8, 4) is 0 Å². The second-order valence-corrected chi connectivity index (χ2v) is 2.78. The first-order valence-electron chi connectivity index (χ1n) is 5.05. The molecule has 0 aromatic heterocycles. The van der Waals surface area contributed by atoms with E-state index in [0.29, 0.717) is 0 Å². The van der Waals surface area contributed by atoms with Crippen LogP contribution < -0.4 is 5.32 Å². The summed E-state index contributed by atoms with van der Waals surface area (Å²) in [6.07, 6.45) is 0. The molecule has 0 amide bonds. The molecule has 1 heterocycles. The zero-order valence-electron chi connectivity index (χ0n) is 9.53. The van der Waals surface area contributed by atoms with Gasteiger partial charge in [-0.05, 0) is 13.8 Å². The number of ether oxygens (including phenoxy) is 1. The topological polar surface area (TPSA) is 21.3 Å². The Kier molecular flexibility index (Phi) is 10.8. The van der Waals surface area contributed by atoms with Crippen molar-refractivity contribution in [3.63, 3.8) is 0 Å². The van der Waals surface area contributed by atoms with Crippen molar-refractivity contribution in [3.05, 3.63) is 0 Å². The fourth-order valence-electron chi connectivity index (χ4n) is 0.840. The van der Waals surface area contributed by atoms with Gasteiger partial charge in [0.1, 0.15) is 0 Å². The molecule has 1 aliphatic rings. The summed E-state index contributed by atoms with van der Waals surface area (Å²) in [5.41, 5.74) is 0.0677. The summed E-state index contributed by atoms with van der Waals surface area (Å²) in [5.74, 6) is 0. The van der Waals surface area contributed by atoms with E-state index < -0.39 is 0 Å². The summed E-state index contributed by atoms with van der Waals surface area (Å²) in [5, 5.41) is 3.25. The average Bonchev–Trinajstić information content (AvgIpc) is 2.11. The first-order valence-corrected chi connectivity index (χ1v) is 5.05. The molecule has 0 aromatic rings. The van der Waals surface area contributed by atoms with Gasteiger partial charge in [-0.1, -0.05) is 27.7 Å². The molecule has 0 aromatic carbocycles. The van der Waals surface area contributed by atoms with Crippen LogP contribution in [0.25, 0.3) is 0 Å². The maximum Gasteiger partial charge on any atom is 0.0750 e. The molecule has 12 heavy (non-hydrogen) atoms. The summed E-state index contributed by atoms with van der Waals surface area (Å²) in [6, 6.07) is 0. The molecule has 0 bridgehead atoms. The molecule has 0 atom stereocenters. The van der Waals surface area contributed by atoms with E-state index in [9.17, 15) is 0 Å². The monoisotopic (exact) mass is 175 g/mol. The van der Waals surface area contributed by atoms with Gasteiger partial charge in [-0.3, -0.25) is 0 Å². The number of nitrogens with one attached hydrogen (secondary N) is 1. The van der Waals surface area contributed by atoms with Crippen LogP contribution in [0.3, 0.4) is 0 Å². The average molecular weight is 175 g/mol. The van der Waals surface area contributed by atoms with Crippen LogP contribution in [0.4, 0.5) is 0 Å². The van der Waals surface area contributed by atoms with Gasteiger partial charge in [0.15, 0.2) is 0 Å². The van der Waals surface area contributed by atoms with E-state index in [1.807, 2.05) is 27.7 Å². The van der Waals surface area contributed by atoms with Gasteiger partial charge in [-0.2, -0.15) is 0 Å². The van der Waals surface area contributed by atoms with E-state index in [1.165, 1.54) is 0 Å². The lowest BCUT2D eigenvalue weighted by Gasteiger charge is -2.30. The molecule has 1 N–H and O–H groups in total. The first kappa shape index (κ1) is 14.4. The maximum absolute atomic E-state index is 5.40. The van der Waals surface area contributed by atoms with E-state index >= 15 is 0 Å². The summed E-state index contributed by atoms with van der Waals surface area (Å²) in [7, 11) is 0. The lowest BCUT2D eigenvalue weighted by atomic mass is 10.1. The van der Waals surface area contributed by atoms with Gasteiger partial charge >= 0.3 is 0 Å². The van der Waals surface area contributed by atoms with Crippen molar-refractivity contribution in [1.29, 1.82) is 0 Å². The van der Waals surface area contributed by atoms with E-state index in [4.69, 9.17) is 4.74 Å². The molecule has 0 saturated carbocycles. The van der Waals surface area contributed by atoms with Gasteiger partial charge in [0, 0.05) is 13.1 Å². The molecule has 1 aliphatic heterocycles. The molecular weight excluding hydrogens is 150 g/mol. The molecule has 2 nitrogen and oxygen atoms in total. The lowest BCUT2D eigenvalue weighted by molar-refractivity contribution is -0.0384. The van der Waals surface area contributed by atoms with Crippen LogP contribution in [0.5, 0.6) is 0 Å². The van der Waals surface area contributed by atoms with Crippen LogP contribution in [-0.4, -0.2) is 25.3 Å². The van der Waals surface area contributed by atoms with E-state index in [2.05, 4.69) is 19.2 Å². The fraction of sp³-hybridized carbons (Fsp3) is 1.00. The van der Waals surface area contributed by atoms with Gasteiger partial charge in [0.05, 0.1) is 12.2 Å². The number of hydrogen-bond donors (Lipinski definition) is 1. The van der Waals surface area contributed by atoms with E-state index in [-0.39, 0.29) is 5.60 Å². The van der Waals surface area contributed by atoms with Crippen molar-refractivity contribution in [1.82, 2.24) is 5.32 Å². The smallest absolute Gasteiger partial charge is 0.0750 e. The number of hydrogen-bond acceptors (Lipinski definition) is 2. The van der Waals surface area contributed by atoms with Crippen molar-refractivity contribution < 1.29 is 4.74 Å². The summed E-state index contributed by atoms with van der Waals surface area (Å²) < 4.78 is 5.40. The second kappa shape index (κ2) is 9.01. The van der Waals surface area contributed by atoms with Gasteiger partial charge in [-0.25, -0.2) is 0 Å². The Hall–Kier alpha value is -0.0800. The molecule has 0 aliphatic carbocycles. The number of rotatable bonds is 0. The van der Waals surface area contributed by atoms with E-state index in [0.717, 1.165) is 19.7 Å². The van der Waals surface area contributed by atoms with Crippen LogP contribution in [0, 0.1) is 0 Å².